The summed E-state index contributed by atoms with van der Waals surface area (Å²) in [5.74, 6) is -3.21. The second-order valence-corrected chi connectivity index (χ2v) is 8.45. The van der Waals surface area contributed by atoms with Crippen LogP contribution in [0.15, 0.2) is 48.5 Å². The van der Waals surface area contributed by atoms with Crippen LogP contribution in [-0.2, 0) is 16.0 Å². The Morgan fingerprint density at radius 3 is 2.34 bits per heavy atom. The molecule has 182 valence electrons. The number of anilines is 1. The van der Waals surface area contributed by atoms with Crippen LogP contribution in [-0.4, -0.2) is 56.6 Å². The van der Waals surface area contributed by atoms with Crippen molar-refractivity contribution in [3.63, 3.8) is 0 Å². The lowest BCUT2D eigenvalue weighted by molar-refractivity contribution is -0.139. The summed E-state index contributed by atoms with van der Waals surface area (Å²) in [5, 5.41) is 35.9. The molecule has 3 amide bonds. The molecule has 0 spiro atoms. The number of amides is 3. The number of rotatable bonds is 9. The standard InChI is InChI=1S/C23H22N4O7S/c1-12-19(35-23(25-12)27-18(30)9-13-4-2-6-15(28)8-13)21(32)26-17(22(33)34)11-24-20(31)14-5-3-7-16(29)10-14/h2-8,10,17,28-29H,9,11H2,1H3,(H,24,31)(H,26,32)(H,33,34)(H,25,27,30)/t17-/m0/s1. The number of hydrogen-bond acceptors (Lipinski definition) is 8. The van der Waals surface area contributed by atoms with Gasteiger partial charge in [-0.2, -0.15) is 0 Å². The fourth-order valence-electron chi connectivity index (χ4n) is 3.04. The predicted molar refractivity (Wildman–Crippen MR) is 127 cm³/mol. The van der Waals surface area contributed by atoms with E-state index in [0.29, 0.717) is 5.56 Å². The minimum atomic E-state index is -1.44. The summed E-state index contributed by atoms with van der Waals surface area (Å²) in [6.07, 6.45) is -0.0193. The van der Waals surface area contributed by atoms with Gasteiger partial charge < -0.3 is 31.3 Å². The second-order valence-electron chi connectivity index (χ2n) is 7.45. The molecule has 0 aliphatic heterocycles. The Balaban J connectivity index is 1.60. The first-order chi connectivity index (χ1) is 16.6. The van der Waals surface area contributed by atoms with Gasteiger partial charge in [0, 0.05) is 12.1 Å². The number of carbonyl (C=O) groups excluding carboxylic acids is 3. The van der Waals surface area contributed by atoms with Crippen molar-refractivity contribution in [3.05, 3.63) is 70.2 Å². The van der Waals surface area contributed by atoms with Crippen LogP contribution in [0.2, 0.25) is 0 Å². The van der Waals surface area contributed by atoms with Crippen LogP contribution >= 0.6 is 11.3 Å². The maximum absolute atomic E-state index is 12.7. The molecule has 11 nitrogen and oxygen atoms in total. The molecular weight excluding hydrogens is 476 g/mol. The van der Waals surface area contributed by atoms with E-state index in [1.54, 1.807) is 12.1 Å². The highest BCUT2D eigenvalue weighted by molar-refractivity contribution is 7.17. The van der Waals surface area contributed by atoms with Gasteiger partial charge in [0.15, 0.2) is 5.13 Å². The maximum atomic E-state index is 12.7. The quantitative estimate of drug-likeness (QED) is 0.258. The fraction of sp³-hybridized carbons (Fsp3) is 0.174. The van der Waals surface area contributed by atoms with E-state index in [9.17, 15) is 34.5 Å². The molecule has 0 radical (unpaired) electrons. The number of phenolic OH excluding ortho intramolecular Hbond substituents is 2. The average molecular weight is 499 g/mol. The molecule has 12 heteroatoms. The molecule has 0 saturated carbocycles. The Labute approximate surface area is 203 Å². The van der Waals surface area contributed by atoms with Crippen molar-refractivity contribution >= 4 is 40.2 Å². The molecule has 35 heavy (non-hydrogen) atoms. The van der Waals surface area contributed by atoms with Crippen molar-refractivity contribution in [2.24, 2.45) is 0 Å². The van der Waals surface area contributed by atoms with Gasteiger partial charge in [-0.3, -0.25) is 14.4 Å². The van der Waals surface area contributed by atoms with Crippen molar-refractivity contribution < 1.29 is 34.5 Å². The Kier molecular flexibility index (Phi) is 8.00. The summed E-state index contributed by atoms with van der Waals surface area (Å²) in [6, 6.07) is 10.3. The smallest absolute Gasteiger partial charge is 0.328 e. The third-order valence-corrected chi connectivity index (χ3v) is 5.77. The van der Waals surface area contributed by atoms with E-state index >= 15 is 0 Å². The van der Waals surface area contributed by atoms with Gasteiger partial charge in [-0.1, -0.05) is 29.5 Å². The second kappa shape index (κ2) is 11.1. The van der Waals surface area contributed by atoms with E-state index in [4.69, 9.17) is 0 Å². The van der Waals surface area contributed by atoms with Gasteiger partial charge in [-0.25, -0.2) is 9.78 Å². The zero-order valence-corrected chi connectivity index (χ0v) is 19.3. The van der Waals surface area contributed by atoms with Gasteiger partial charge in [-0.15, -0.1) is 0 Å². The van der Waals surface area contributed by atoms with Crippen LogP contribution in [0.4, 0.5) is 5.13 Å². The number of carboxylic acid groups (broad SMARTS) is 1. The van der Waals surface area contributed by atoms with Crippen LogP contribution in [0.3, 0.4) is 0 Å². The Morgan fingerprint density at radius 2 is 1.69 bits per heavy atom. The van der Waals surface area contributed by atoms with Crippen molar-refractivity contribution in [3.8, 4) is 11.5 Å². The van der Waals surface area contributed by atoms with E-state index in [2.05, 4.69) is 20.9 Å². The highest BCUT2D eigenvalue weighted by Gasteiger charge is 2.24. The normalized spacial score (nSPS) is 11.3. The lowest BCUT2D eigenvalue weighted by Gasteiger charge is -2.15. The van der Waals surface area contributed by atoms with Crippen molar-refractivity contribution in [2.75, 3.05) is 11.9 Å². The molecular formula is C23H22N4O7S. The number of aliphatic carboxylic acids is 1. The first-order valence-corrected chi connectivity index (χ1v) is 11.1. The fourth-order valence-corrected chi connectivity index (χ4v) is 3.93. The van der Waals surface area contributed by atoms with Gasteiger partial charge in [0.25, 0.3) is 11.8 Å². The van der Waals surface area contributed by atoms with Crippen molar-refractivity contribution in [1.29, 1.82) is 0 Å². The summed E-state index contributed by atoms with van der Waals surface area (Å²) in [5.41, 5.74) is 1.00. The zero-order valence-electron chi connectivity index (χ0n) is 18.4. The molecule has 0 bridgehead atoms. The van der Waals surface area contributed by atoms with Crippen LogP contribution < -0.4 is 16.0 Å². The van der Waals surface area contributed by atoms with E-state index in [1.807, 2.05) is 0 Å². The molecule has 0 unspecified atom stereocenters. The number of carbonyl (C=O) groups is 4. The number of nitrogens with zero attached hydrogens (tertiary/aromatic N) is 1. The number of aromatic hydroxyl groups is 2. The minimum Gasteiger partial charge on any atom is -0.508 e. The SMILES string of the molecule is Cc1nc(NC(=O)Cc2cccc(O)c2)sc1C(=O)N[C@@H](CNC(=O)c1cccc(O)c1)C(=O)O. The van der Waals surface area contributed by atoms with Crippen molar-refractivity contribution in [1.82, 2.24) is 15.6 Å². The molecule has 0 saturated heterocycles. The molecule has 2 aromatic carbocycles. The number of carboxylic acids is 1. The zero-order chi connectivity index (χ0) is 25.5. The van der Waals surface area contributed by atoms with E-state index < -0.39 is 36.3 Å². The summed E-state index contributed by atoms with van der Waals surface area (Å²) < 4.78 is 0. The van der Waals surface area contributed by atoms with Crippen LogP contribution in [0.25, 0.3) is 0 Å². The van der Waals surface area contributed by atoms with E-state index in [-0.39, 0.29) is 39.2 Å². The van der Waals surface area contributed by atoms with Gasteiger partial charge >= 0.3 is 5.97 Å². The maximum Gasteiger partial charge on any atom is 0.328 e. The lowest BCUT2D eigenvalue weighted by Crippen LogP contribution is -2.48. The predicted octanol–water partition coefficient (Wildman–Crippen LogP) is 1.66. The number of hydrogen-bond donors (Lipinski definition) is 6. The lowest BCUT2D eigenvalue weighted by atomic mass is 10.1. The number of aromatic nitrogens is 1. The number of phenols is 2. The number of thiazole rings is 1. The van der Waals surface area contributed by atoms with Gasteiger partial charge in [0.2, 0.25) is 5.91 Å². The summed E-state index contributed by atoms with van der Waals surface area (Å²) in [7, 11) is 0. The largest absolute Gasteiger partial charge is 0.508 e. The van der Waals surface area contributed by atoms with E-state index in [0.717, 1.165) is 11.3 Å². The van der Waals surface area contributed by atoms with Crippen LogP contribution in [0.1, 0.15) is 31.3 Å². The molecule has 6 N–H and O–H groups in total. The minimum absolute atomic E-state index is 0.0193. The summed E-state index contributed by atoms with van der Waals surface area (Å²) >= 11 is 0.874. The summed E-state index contributed by atoms with van der Waals surface area (Å²) in [6.45, 7) is 1.14. The highest BCUT2D eigenvalue weighted by atomic mass is 32.1. The van der Waals surface area contributed by atoms with Crippen molar-refractivity contribution in [2.45, 2.75) is 19.4 Å². The molecule has 1 atom stereocenters. The Morgan fingerprint density at radius 1 is 1.00 bits per heavy atom. The van der Waals surface area contributed by atoms with Crippen LogP contribution in [0.5, 0.6) is 11.5 Å². The monoisotopic (exact) mass is 498 g/mol. The van der Waals surface area contributed by atoms with Gasteiger partial charge in [0.1, 0.15) is 22.4 Å². The third-order valence-electron chi connectivity index (χ3n) is 4.70. The Bertz CT molecular complexity index is 1270. The third kappa shape index (κ3) is 7.01. The van der Waals surface area contributed by atoms with Gasteiger partial charge in [0.05, 0.1) is 12.1 Å². The summed E-state index contributed by atoms with van der Waals surface area (Å²) in [4.78, 5) is 53.0. The molecule has 0 aliphatic carbocycles. The first kappa shape index (κ1) is 25.2. The number of benzene rings is 2. The molecule has 1 aromatic heterocycles. The number of aryl methyl sites for hydroxylation is 1. The molecule has 0 fully saturated rings. The first-order valence-electron chi connectivity index (χ1n) is 10.3. The van der Waals surface area contributed by atoms with Crippen LogP contribution in [0, 0.1) is 6.92 Å². The van der Waals surface area contributed by atoms with Gasteiger partial charge in [-0.05, 0) is 42.8 Å². The molecule has 3 aromatic rings. The molecule has 0 aliphatic rings. The molecule has 1 heterocycles. The van der Waals surface area contributed by atoms with E-state index in [1.165, 1.54) is 43.3 Å². The topological polar surface area (TPSA) is 178 Å². The molecule has 3 rings (SSSR count). The number of nitrogens with one attached hydrogen (secondary N) is 3. The average Bonchev–Trinajstić information content (AvgIpc) is 3.15. The Hall–Kier alpha value is -4.45. The highest BCUT2D eigenvalue weighted by Crippen LogP contribution is 2.23.